The summed E-state index contributed by atoms with van der Waals surface area (Å²) in [7, 11) is 1.53. The number of carboxylic acids is 1. The molecular formula is C15H21NO5. The molecule has 0 fully saturated rings. The first-order valence-corrected chi connectivity index (χ1v) is 6.58. The topological polar surface area (TPSA) is 95.9 Å². The summed E-state index contributed by atoms with van der Waals surface area (Å²) < 4.78 is 5.19. The van der Waals surface area contributed by atoms with Gasteiger partial charge in [-0.05, 0) is 19.9 Å². The molecule has 0 spiro atoms. The van der Waals surface area contributed by atoms with Crippen molar-refractivity contribution in [3.05, 3.63) is 29.3 Å². The lowest BCUT2D eigenvalue weighted by atomic mass is 10.0. The predicted molar refractivity (Wildman–Crippen MR) is 77.3 cm³/mol. The number of carbonyl (C=O) groups is 2. The highest BCUT2D eigenvalue weighted by Crippen LogP contribution is 2.20. The van der Waals surface area contributed by atoms with Gasteiger partial charge in [-0.25, -0.2) is 0 Å². The fraction of sp³-hybridized carbons (Fsp3) is 0.467. The van der Waals surface area contributed by atoms with Crippen LogP contribution in [0.15, 0.2) is 18.2 Å². The van der Waals surface area contributed by atoms with Crippen molar-refractivity contribution in [2.75, 3.05) is 13.7 Å². The molecule has 1 rings (SSSR count). The zero-order valence-corrected chi connectivity index (χ0v) is 12.5. The fourth-order valence-corrected chi connectivity index (χ4v) is 1.96. The van der Waals surface area contributed by atoms with Gasteiger partial charge in [0.1, 0.15) is 5.75 Å². The third-order valence-corrected chi connectivity index (χ3v) is 2.99. The highest BCUT2D eigenvalue weighted by Gasteiger charge is 2.24. The van der Waals surface area contributed by atoms with Gasteiger partial charge < -0.3 is 20.3 Å². The Bertz CT molecular complexity index is 525. The number of hydrogen-bond donors (Lipinski definition) is 3. The van der Waals surface area contributed by atoms with Gasteiger partial charge in [0.15, 0.2) is 0 Å². The van der Waals surface area contributed by atoms with Gasteiger partial charge in [-0.3, -0.25) is 9.59 Å². The first-order valence-electron chi connectivity index (χ1n) is 6.58. The van der Waals surface area contributed by atoms with Gasteiger partial charge in [0.25, 0.3) is 0 Å². The molecule has 0 aliphatic carbocycles. The zero-order valence-electron chi connectivity index (χ0n) is 12.5. The number of benzene rings is 1. The predicted octanol–water partition coefficient (Wildman–Crippen LogP) is 0.888. The van der Waals surface area contributed by atoms with Crippen molar-refractivity contribution in [3.63, 3.8) is 0 Å². The normalized spacial score (nSPS) is 13.3. The molecule has 0 aliphatic rings. The van der Waals surface area contributed by atoms with Gasteiger partial charge in [0.2, 0.25) is 5.91 Å². The van der Waals surface area contributed by atoms with Gasteiger partial charge in [-0.1, -0.05) is 17.7 Å². The van der Waals surface area contributed by atoms with E-state index in [-0.39, 0.29) is 18.9 Å². The van der Waals surface area contributed by atoms with Crippen LogP contribution in [-0.2, 0) is 16.0 Å². The first kappa shape index (κ1) is 17.0. The molecule has 1 aromatic carbocycles. The molecule has 0 saturated carbocycles. The van der Waals surface area contributed by atoms with Crippen LogP contribution < -0.4 is 10.1 Å². The molecule has 6 nitrogen and oxygen atoms in total. The fourth-order valence-electron chi connectivity index (χ4n) is 1.96. The van der Waals surface area contributed by atoms with Crippen LogP contribution in [0.4, 0.5) is 0 Å². The minimum Gasteiger partial charge on any atom is -0.496 e. The number of hydrogen-bond acceptors (Lipinski definition) is 4. The first-order chi connectivity index (χ1) is 9.73. The molecule has 3 N–H and O–H groups in total. The molecule has 1 aromatic rings. The van der Waals surface area contributed by atoms with Crippen LogP contribution in [0.25, 0.3) is 0 Å². The van der Waals surface area contributed by atoms with Crippen LogP contribution in [0.1, 0.15) is 24.5 Å². The van der Waals surface area contributed by atoms with E-state index in [9.17, 15) is 14.7 Å². The number of rotatable bonds is 7. The number of aliphatic hydroxyl groups is 1. The average molecular weight is 295 g/mol. The van der Waals surface area contributed by atoms with Crippen molar-refractivity contribution in [2.45, 2.75) is 32.3 Å². The van der Waals surface area contributed by atoms with Crippen molar-refractivity contribution in [1.82, 2.24) is 5.32 Å². The smallest absolute Gasteiger partial charge is 0.306 e. The quantitative estimate of drug-likeness (QED) is 0.694. The van der Waals surface area contributed by atoms with Crippen molar-refractivity contribution < 1.29 is 24.5 Å². The zero-order chi connectivity index (χ0) is 16.0. The Morgan fingerprint density at radius 2 is 2.05 bits per heavy atom. The maximum Gasteiger partial charge on any atom is 0.306 e. The van der Waals surface area contributed by atoms with Crippen LogP contribution in [-0.4, -0.2) is 41.3 Å². The molecule has 0 saturated heterocycles. The SMILES string of the molecule is COc1ccc(C)cc1CC(=O)NCC(C)(O)CC(=O)O. The Morgan fingerprint density at radius 1 is 1.38 bits per heavy atom. The summed E-state index contributed by atoms with van der Waals surface area (Å²) in [6.45, 7) is 3.17. The highest BCUT2D eigenvalue weighted by molar-refractivity contribution is 5.79. The van der Waals surface area contributed by atoms with E-state index in [1.807, 2.05) is 19.1 Å². The molecular weight excluding hydrogens is 274 g/mol. The van der Waals surface area contributed by atoms with Crippen molar-refractivity contribution >= 4 is 11.9 Å². The molecule has 1 unspecified atom stereocenters. The summed E-state index contributed by atoms with van der Waals surface area (Å²) in [5.41, 5.74) is 0.280. The monoisotopic (exact) mass is 295 g/mol. The number of carboxylic acid groups (broad SMARTS) is 1. The summed E-state index contributed by atoms with van der Waals surface area (Å²) in [6.07, 6.45) is -0.324. The molecule has 0 heterocycles. The van der Waals surface area contributed by atoms with Crippen LogP contribution in [0.3, 0.4) is 0 Å². The maximum absolute atomic E-state index is 11.9. The van der Waals surface area contributed by atoms with Gasteiger partial charge in [-0.2, -0.15) is 0 Å². The Kier molecular flexibility index (Phi) is 5.72. The number of amides is 1. The van der Waals surface area contributed by atoms with Crippen molar-refractivity contribution in [3.8, 4) is 5.75 Å². The summed E-state index contributed by atoms with van der Waals surface area (Å²) in [5.74, 6) is -0.799. The minimum absolute atomic E-state index is 0.105. The Balaban J connectivity index is 2.62. The van der Waals surface area contributed by atoms with E-state index in [4.69, 9.17) is 9.84 Å². The largest absolute Gasteiger partial charge is 0.496 e. The Morgan fingerprint density at radius 3 is 2.62 bits per heavy atom. The van der Waals surface area contributed by atoms with E-state index in [0.717, 1.165) is 11.1 Å². The van der Waals surface area contributed by atoms with Crippen LogP contribution in [0.2, 0.25) is 0 Å². The number of aliphatic carboxylic acids is 1. The van der Waals surface area contributed by atoms with E-state index in [0.29, 0.717) is 5.75 Å². The Labute approximate surface area is 123 Å². The van der Waals surface area contributed by atoms with E-state index in [1.165, 1.54) is 14.0 Å². The van der Waals surface area contributed by atoms with E-state index >= 15 is 0 Å². The lowest BCUT2D eigenvalue weighted by molar-refractivity contribution is -0.142. The number of nitrogens with one attached hydrogen (secondary N) is 1. The van der Waals surface area contributed by atoms with Gasteiger partial charge in [-0.15, -0.1) is 0 Å². The molecule has 0 aliphatic heterocycles. The second-order valence-electron chi connectivity index (χ2n) is 5.34. The van der Waals surface area contributed by atoms with E-state index in [2.05, 4.69) is 5.32 Å². The number of methoxy groups -OCH3 is 1. The second kappa shape index (κ2) is 7.08. The number of ether oxygens (including phenoxy) is 1. The number of carbonyl (C=O) groups excluding carboxylic acids is 1. The molecule has 1 atom stereocenters. The van der Waals surface area contributed by atoms with Gasteiger partial charge in [0.05, 0.1) is 25.6 Å². The molecule has 0 radical (unpaired) electrons. The maximum atomic E-state index is 11.9. The summed E-state index contributed by atoms with van der Waals surface area (Å²) in [4.78, 5) is 22.5. The standard InChI is InChI=1S/C15H21NO5/c1-10-4-5-12(21-3)11(6-10)7-13(17)16-9-15(2,20)8-14(18)19/h4-6,20H,7-9H2,1-3H3,(H,16,17)(H,18,19). The molecule has 116 valence electrons. The number of aryl methyl sites for hydroxylation is 1. The van der Waals surface area contributed by atoms with Gasteiger partial charge in [0, 0.05) is 12.1 Å². The summed E-state index contributed by atoms with van der Waals surface area (Å²) in [6, 6.07) is 5.53. The Hall–Kier alpha value is -2.08. The van der Waals surface area contributed by atoms with E-state index < -0.39 is 18.0 Å². The highest BCUT2D eigenvalue weighted by atomic mass is 16.5. The van der Waals surface area contributed by atoms with Crippen molar-refractivity contribution in [2.24, 2.45) is 0 Å². The molecule has 0 bridgehead atoms. The third-order valence-electron chi connectivity index (χ3n) is 2.99. The molecule has 21 heavy (non-hydrogen) atoms. The third kappa shape index (κ3) is 5.83. The summed E-state index contributed by atoms with van der Waals surface area (Å²) in [5, 5.41) is 21.0. The van der Waals surface area contributed by atoms with E-state index in [1.54, 1.807) is 6.07 Å². The van der Waals surface area contributed by atoms with Gasteiger partial charge >= 0.3 is 5.97 Å². The average Bonchev–Trinajstić information content (AvgIpc) is 2.35. The molecule has 1 amide bonds. The second-order valence-corrected chi connectivity index (χ2v) is 5.34. The van der Waals surface area contributed by atoms with Crippen LogP contribution in [0, 0.1) is 6.92 Å². The lowest BCUT2D eigenvalue weighted by Crippen LogP contribution is -2.42. The molecule has 6 heteroatoms. The molecule has 0 aromatic heterocycles. The van der Waals surface area contributed by atoms with Crippen LogP contribution in [0.5, 0.6) is 5.75 Å². The minimum atomic E-state index is -1.47. The van der Waals surface area contributed by atoms with Crippen molar-refractivity contribution in [1.29, 1.82) is 0 Å². The lowest BCUT2D eigenvalue weighted by Gasteiger charge is -2.21. The summed E-state index contributed by atoms with van der Waals surface area (Å²) >= 11 is 0. The van der Waals surface area contributed by atoms with Crippen LogP contribution >= 0.6 is 0 Å².